The van der Waals surface area contributed by atoms with E-state index in [9.17, 15) is 4.79 Å². The summed E-state index contributed by atoms with van der Waals surface area (Å²) in [6, 6.07) is 7.96. The molecule has 1 aromatic heterocycles. The number of carbonyl (C=O) groups is 1. The van der Waals surface area contributed by atoms with Gasteiger partial charge in [-0.2, -0.15) is 0 Å². The lowest BCUT2D eigenvalue weighted by atomic mass is 10.2. The molecule has 5 nitrogen and oxygen atoms in total. The van der Waals surface area contributed by atoms with Crippen LogP contribution in [0, 0.1) is 5.92 Å². The van der Waals surface area contributed by atoms with Gasteiger partial charge in [-0.3, -0.25) is 4.79 Å². The molecule has 24 heavy (non-hydrogen) atoms. The molecule has 0 bridgehead atoms. The van der Waals surface area contributed by atoms with Crippen LogP contribution in [0.15, 0.2) is 24.3 Å². The highest BCUT2D eigenvalue weighted by atomic mass is 32.2. The van der Waals surface area contributed by atoms with Gasteiger partial charge in [0.1, 0.15) is 5.82 Å². The molecule has 0 aliphatic rings. The molecule has 0 aliphatic heterocycles. The summed E-state index contributed by atoms with van der Waals surface area (Å²) >= 11 is 1.59. The molecule has 0 aliphatic carbocycles. The highest BCUT2D eigenvalue weighted by Gasteiger charge is 2.13. The molecule has 2 N–H and O–H groups in total. The van der Waals surface area contributed by atoms with Crippen LogP contribution in [0.2, 0.25) is 0 Å². The van der Waals surface area contributed by atoms with Crippen molar-refractivity contribution in [3.05, 3.63) is 30.1 Å². The predicted octanol–water partition coefficient (Wildman–Crippen LogP) is 3.54. The highest BCUT2D eigenvalue weighted by molar-refractivity contribution is 8.00. The summed E-state index contributed by atoms with van der Waals surface area (Å²) in [4.78, 5) is 19.8. The minimum Gasteiger partial charge on any atom is -0.381 e. The van der Waals surface area contributed by atoms with E-state index < -0.39 is 0 Å². The Labute approximate surface area is 148 Å². The molecule has 1 atom stereocenters. The van der Waals surface area contributed by atoms with Crippen molar-refractivity contribution in [2.24, 2.45) is 5.92 Å². The molecular formula is C18H27N3O2S. The van der Waals surface area contributed by atoms with Gasteiger partial charge in [0.25, 0.3) is 0 Å². The van der Waals surface area contributed by atoms with E-state index in [1.165, 1.54) is 0 Å². The number of hydrogen-bond acceptors (Lipinski definition) is 4. The first-order chi connectivity index (χ1) is 11.6. The number of carbonyl (C=O) groups excluding carboxylic acids is 1. The second-order valence-corrected chi connectivity index (χ2v) is 7.59. The fraction of sp³-hybridized carbons (Fsp3) is 0.556. The number of para-hydroxylation sites is 2. The topological polar surface area (TPSA) is 67.0 Å². The molecule has 0 saturated carbocycles. The van der Waals surface area contributed by atoms with Gasteiger partial charge in [0.2, 0.25) is 5.91 Å². The van der Waals surface area contributed by atoms with E-state index in [4.69, 9.17) is 4.74 Å². The van der Waals surface area contributed by atoms with E-state index in [0.29, 0.717) is 24.8 Å². The quantitative estimate of drug-likeness (QED) is 0.644. The monoisotopic (exact) mass is 349 g/mol. The third kappa shape index (κ3) is 6.17. The van der Waals surface area contributed by atoms with Gasteiger partial charge in [0, 0.05) is 19.8 Å². The number of ether oxygens (including phenoxy) is 1. The lowest BCUT2D eigenvalue weighted by molar-refractivity contribution is -0.118. The Bertz CT molecular complexity index is 609. The van der Waals surface area contributed by atoms with E-state index in [0.717, 1.165) is 29.9 Å². The van der Waals surface area contributed by atoms with Crippen molar-refractivity contribution in [1.29, 1.82) is 0 Å². The van der Waals surface area contributed by atoms with Crippen LogP contribution < -0.4 is 5.32 Å². The maximum atomic E-state index is 11.9. The number of thioether (sulfide) groups is 1. The number of hydrogen-bond donors (Lipinski definition) is 2. The van der Waals surface area contributed by atoms with Crippen molar-refractivity contribution < 1.29 is 9.53 Å². The zero-order valence-electron chi connectivity index (χ0n) is 14.7. The lowest BCUT2D eigenvalue weighted by Gasteiger charge is -2.10. The molecule has 0 radical (unpaired) electrons. The molecule has 1 unspecified atom stereocenters. The maximum Gasteiger partial charge on any atom is 0.230 e. The third-order valence-corrected chi connectivity index (χ3v) is 4.65. The van der Waals surface area contributed by atoms with Crippen molar-refractivity contribution in [3.63, 3.8) is 0 Å². The molecule has 2 rings (SSSR count). The number of aromatic nitrogens is 2. The average Bonchev–Trinajstić information content (AvgIpc) is 2.99. The first kappa shape index (κ1) is 18.8. The molecular weight excluding hydrogens is 322 g/mol. The molecule has 0 spiro atoms. The van der Waals surface area contributed by atoms with Gasteiger partial charge >= 0.3 is 0 Å². The van der Waals surface area contributed by atoms with Gasteiger partial charge in [-0.15, -0.1) is 11.8 Å². The summed E-state index contributed by atoms with van der Waals surface area (Å²) in [5.41, 5.74) is 2.00. The predicted molar refractivity (Wildman–Crippen MR) is 100 cm³/mol. The van der Waals surface area contributed by atoms with Crippen LogP contribution in [-0.4, -0.2) is 41.4 Å². The van der Waals surface area contributed by atoms with Crippen LogP contribution >= 0.6 is 11.8 Å². The Balaban J connectivity index is 1.64. The molecule has 2 aromatic rings. The fourth-order valence-electron chi connectivity index (χ4n) is 2.22. The van der Waals surface area contributed by atoms with Crippen molar-refractivity contribution in [3.8, 4) is 0 Å². The fourth-order valence-corrected chi connectivity index (χ4v) is 2.99. The standard InChI is InChI=1S/C18H27N3O2S/c1-13(2)11-23-10-6-9-19-17(22)12-24-14(3)18-20-15-7-4-5-8-16(15)21-18/h4-5,7-8,13-14H,6,9-12H2,1-3H3,(H,19,22)(H,20,21). The molecule has 0 fully saturated rings. The normalized spacial score (nSPS) is 12.7. The zero-order chi connectivity index (χ0) is 17.4. The molecule has 1 heterocycles. The minimum atomic E-state index is 0.0619. The van der Waals surface area contributed by atoms with Crippen LogP contribution in [0.5, 0.6) is 0 Å². The maximum absolute atomic E-state index is 11.9. The van der Waals surface area contributed by atoms with Gasteiger partial charge in [-0.25, -0.2) is 4.98 Å². The first-order valence-electron chi connectivity index (χ1n) is 8.47. The SMILES string of the molecule is CC(C)COCCCNC(=O)CSC(C)c1nc2ccccc2[nH]1. The highest BCUT2D eigenvalue weighted by Crippen LogP contribution is 2.27. The Hall–Kier alpha value is -1.53. The van der Waals surface area contributed by atoms with Gasteiger partial charge in [0.15, 0.2) is 0 Å². The van der Waals surface area contributed by atoms with Gasteiger partial charge in [0.05, 0.1) is 22.0 Å². The van der Waals surface area contributed by atoms with Crippen molar-refractivity contribution in [2.45, 2.75) is 32.4 Å². The number of fused-ring (bicyclic) bond motifs is 1. The summed E-state index contributed by atoms with van der Waals surface area (Å²) in [5, 5.41) is 3.08. The van der Waals surface area contributed by atoms with Crippen LogP contribution in [0.25, 0.3) is 11.0 Å². The number of amides is 1. The Morgan fingerprint density at radius 1 is 1.33 bits per heavy atom. The lowest BCUT2D eigenvalue weighted by Crippen LogP contribution is -2.27. The van der Waals surface area contributed by atoms with Crippen LogP contribution in [-0.2, 0) is 9.53 Å². The second-order valence-electron chi connectivity index (χ2n) is 6.26. The molecule has 1 aromatic carbocycles. The number of imidazole rings is 1. The van der Waals surface area contributed by atoms with Crippen LogP contribution in [0.4, 0.5) is 0 Å². The summed E-state index contributed by atoms with van der Waals surface area (Å²) in [6.45, 7) is 8.45. The second kappa shape index (κ2) is 9.69. The van der Waals surface area contributed by atoms with Gasteiger partial charge < -0.3 is 15.0 Å². The summed E-state index contributed by atoms with van der Waals surface area (Å²) < 4.78 is 5.49. The molecule has 132 valence electrons. The number of benzene rings is 1. The molecule has 1 amide bonds. The summed E-state index contributed by atoms with van der Waals surface area (Å²) in [7, 11) is 0. The number of H-pyrrole nitrogens is 1. The molecule has 0 saturated heterocycles. The minimum absolute atomic E-state index is 0.0619. The van der Waals surface area contributed by atoms with E-state index >= 15 is 0 Å². The molecule has 6 heteroatoms. The zero-order valence-corrected chi connectivity index (χ0v) is 15.5. The largest absolute Gasteiger partial charge is 0.381 e. The van der Waals surface area contributed by atoms with Crippen LogP contribution in [0.1, 0.15) is 38.3 Å². The van der Waals surface area contributed by atoms with Gasteiger partial charge in [-0.05, 0) is 31.4 Å². The Morgan fingerprint density at radius 2 is 2.12 bits per heavy atom. The first-order valence-corrected chi connectivity index (χ1v) is 9.52. The number of nitrogens with one attached hydrogen (secondary N) is 2. The number of aromatic amines is 1. The van der Waals surface area contributed by atoms with E-state index in [1.54, 1.807) is 11.8 Å². The van der Waals surface area contributed by atoms with Crippen molar-refractivity contribution in [2.75, 3.05) is 25.5 Å². The Morgan fingerprint density at radius 3 is 2.88 bits per heavy atom. The van der Waals surface area contributed by atoms with Crippen molar-refractivity contribution in [1.82, 2.24) is 15.3 Å². The van der Waals surface area contributed by atoms with Gasteiger partial charge in [-0.1, -0.05) is 26.0 Å². The van der Waals surface area contributed by atoms with E-state index in [-0.39, 0.29) is 11.2 Å². The summed E-state index contributed by atoms with van der Waals surface area (Å²) in [5.74, 6) is 1.96. The number of nitrogens with zero attached hydrogens (tertiary/aromatic N) is 1. The Kier molecular flexibility index (Phi) is 7.59. The summed E-state index contributed by atoms with van der Waals surface area (Å²) in [6.07, 6.45) is 0.849. The van der Waals surface area contributed by atoms with Crippen molar-refractivity contribution >= 4 is 28.7 Å². The third-order valence-electron chi connectivity index (χ3n) is 3.50. The average molecular weight is 350 g/mol. The number of rotatable bonds is 10. The van der Waals surface area contributed by atoms with E-state index in [2.05, 4.69) is 36.1 Å². The van der Waals surface area contributed by atoms with E-state index in [1.807, 2.05) is 24.3 Å². The van der Waals surface area contributed by atoms with Crippen LogP contribution in [0.3, 0.4) is 0 Å². The smallest absolute Gasteiger partial charge is 0.230 e.